The van der Waals surface area contributed by atoms with Gasteiger partial charge < -0.3 is 5.32 Å². The zero-order valence-corrected chi connectivity index (χ0v) is 9.32. The van der Waals surface area contributed by atoms with Crippen molar-refractivity contribution in [3.8, 4) is 0 Å². The van der Waals surface area contributed by atoms with Crippen LogP contribution in [0.2, 0.25) is 0 Å². The SMILES string of the molecule is C=C(Cl)CN1CCC(C)(NC)CC1. The first kappa shape index (κ1) is 11.0. The van der Waals surface area contributed by atoms with Crippen molar-refractivity contribution in [2.24, 2.45) is 0 Å². The van der Waals surface area contributed by atoms with Gasteiger partial charge in [0, 0.05) is 30.2 Å². The Labute approximate surface area is 85.9 Å². The molecule has 2 nitrogen and oxygen atoms in total. The molecule has 1 heterocycles. The summed E-state index contributed by atoms with van der Waals surface area (Å²) in [7, 11) is 2.04. The van der Waals surface area contributed by atoms with Crippen molar-refractivity contribution in [1.29, 1.82) is 0 Å². The minimum absolute atomic E-state index is 0.324. The molecule has 0 unspecified atom stereocenters. The summed E-state index contributed by atoms with van der Waals surface area (Å²) in [5.41, 5.74) is 0.324. The standard InChI is InChI=1S/C10H19ClN2/c1-9(11)8-13-6-4-10(2,12-3)5-7-13/h12H,1,4-8H2,2-3H3. The van der Waals surface area contributed by atoms with E-state index in [1.807, 2.05) is 7.05 Å². The second-order valence-electron chi connectivity index (χ2n) is 4.10. The van der Waals surface area contributed by atoms with Gasteiger partial charge in [0.05, 0.1) is 0 Å². The number of hydrogen-bond donors (Lipinski definition) is 1. The first-order valence-corrected chi connectivity index (χ1v) is 5.18. The molecular weight excluding hydrogens is 184 g/mol. The highest BCUT2D eigenvalue weighted by Gasteiger charge is 2.27. The molecule has 1 aliphatic heterocycles. The molecule has 0 radical (unpaired) electrons. The molecular formula is C10H19ClN2. The second kappa shape index (κ2) is 4.45. The van der Waals surface area contributed by atoms with Crippen LogP contribution in [0.4, 0.5) is 0 Å². The highest BCUT2D eigenvalue weighted by atomic mass is 35.5. The molecule has 0 aromatic heterocycles. The number of halogens is 1. The van der Waals surface area contributed by atoms with Gasteiger partial charge in [0.15, 0.2) is 0 Å². The summed E-state index contributed by atoms with van der Waals surface area (Å²) in [4.78, 5) is 2.36. The molecule has 0 spiro atoms. The lowest BCUT2D eigenvalue weighted by molar-refractivity contribution is 0.164. The smallest absolute Gasteiger partial charge is 0.0335 e. The summed E-state index contributed by atoms with van der Waals surface area (Å²) in [6, 6.07) is 0. The highest BCUT2D eigenvalue weighted by molar-refractivity contribution is 6.29. The average molecular weight is 203 g/mol. The molecule has 0 aromatic rings. The molecule has 0 aliphatic carbocycles. The quantitative estimate of drug-likeness (QED) is 0.751. The fraction of sp³-hybridized carbons (Fsp3) is 0.800. The molecule has 13 heavy (non-hydrogen) atoms. The maximum atomic E-state index is 5.76. The summed E-state index contributed by atoms with van der Waals surface area (Å²) in [5.74, 6) is 0. The minimum atomic E-state index is 0.324. The van der Waals surface area contributed by atoms with Gasteiger partial charge in [0.1, 0.15) is 0 Å². The molecule has 1 aliphatic rings. The zero-order valence-electron chi connectivity index (χ0n) is 8.57. The second-order valence-corrected chi connectivity index (χ2v) is 4.64. The Morgan fingerprint density at radius 2 is 2.08 bits per heavy atom. The Morgan fingerprint density at radius 3 is 2.46 bits per heavy atom. The number of rotatable bonds is 3. The number of nitrogens with zero attached hydrogens (tertiary/aromatic N) is 1. The maximum Gasteiger partial charge on any atom is 0.0335 e. The third-order valence-electron chi connectivity index (χ3n) is 2.96. The predicted molar refractivity (Wildman–Crippen MR) is 58.1 cm³/mol. The van der Waals surface area contributed by atoms with Gasteiger partial charge >= 0.3 is 0 Å². The number of likely N-dealkylation sites (tertiary alicyclic amines) is 1. The Balaban J connectivity index is 2.34. The van der Waals surface area contributed by atoms with E-state index < -0.39 is 0 Å². The van der Waals surface area contributed by atoms with Crippen molar-refractivity contribution in [3.05, 3.63) is 11.6 Å². The number of hydrogen-bond acceptors (Lipinski definition) is 2. The Kier molecular flexibility index (Phi) is 3.77. The Bertz CT molecular complexity index is 183. The summed E-state index contributed by atoms with van der Waals surface area (Å²) in [6.07, 6.45) is 2.38. The van der Waals surface area contributed by atoms with Gasteiger partial charge in [-0.2, -0.15) is 0 Å². The monoisotopic (exact) mass is 202 g/mol. The first-order valence-electron chi connectivity index (χ1n) is 4.80. The lowest BCUT2D eigenvalue weighted by Gasteiger charge is -2.39. The van der Waals surface area contributed by atoms with E-state index >= 15 is 0 Å². The Hall–Kier alpha value is -0.0500. The van der Waals surface area contributed by atoms with Crippen LogP contribution in [-0.2, 0) is 0 Å². The Morgan fingerprint density at radius 1 is 1.54 bits per heavy atom. The molecule has 0 bridgehead atoms. The average Bonchev–Trinajstić information content (AvgIpc) is 2.09. The highest BCUT2D eigenvalue weighted by Crippen LogP contribution is 2.21. The van der Waals surface area contributed by atoms with E-state index in [0.717, 1.165) is 24.7 Å². The fourth-order valence-electron chi connectivity index (χ4n) is 1.70. The van der Waals surface area contributed by atoms with Crippen LogP contribution in [-0.4, -0.2) is 37.1 Å². The van der Waals surface area contributed by atoms with E-state index in [1.54, 1.807) is 0 Å². The van der Waals surface area contributed by atoms with Gasteiger partial charge in [-0.15, -0.1) is 0 Å². The topological polar surface area (TPSA) is 15.3 Å². The van der Waals surface area contributed by atoms with Crippen molar-refractivity contribution < 1.29 is 0 Å². The number of piperidine rings is 1. The van der Waals surface area contributed by atoms with Crippen LogP contribution in [0.25, 0.3) is 0 Å². The fourth-order valence-corrected chi connectivity index (χ4v) is 1.87. The maximum absolute atomic E-state index is 5.76. The van der Waals surface area contributed by atoms with Crippen molar-refractivity contribution in [1.82, 2.24) is 10.2 Å². The lowest BCUT2D eigenvalue weighted by atomic mass is 9.90. The van der Waals surface area contributed by atoms with Gasteiger partial charge in [-0.25, -0.2) is 0 Å². The summed E-state index contributed by atoms with van der Waals surface area (Å²) >= 11 is 5.76. The molecule has 1 rings (SSSR count). The van der Waals surface area contributed by atoms with E-state index in [-0.39, 0.29) is 0 Å². The van der Waals surface area contributed by atoms with Gasteiger partial charge in [-0.1, -0.05) is 18.2 Å². The molecule has 3 heteroatoms. The molecule has 0 saturated carbocycles. The number of nitrogens with one attached hydrogen (secondary N) is 1. The third kappa shape index (κ3) is 3.29. The zero-order chi connectivity index (χ0) is 9.90. The third-order valence-corrected chi connectivity index (χ3v) is 3.08. The first-order chi connectivity index (χ1) is 6.06. The van der Waals surface area contributed by atoms with Crippen molar-refractivity contribution in [3.63, 3.8) is 0 Å². The molecule has 0 atom stereocenters. The van der Waals surface area contributed by atoms with Gasteiger partial charge in [-0.3, -0.25) is 4.90 Å². The van der Waals surface area contributed by atoms with E-state index in [2.05, 4.69) is 23.7 Å². The van der Waals surface area contributed by atoms with Crippen molar-refractivity contribution in [2.45, 2.75) is 25.3 Å². The predicted octanol–water partition coefficient (Wildman–Crippen LogP) is 1.81. The van der Waals surface area contributed by atoms with E-state index in [0.29, 0.717) is 5.54 Å². The van der Waals surface area contributed by atoms with E-state index in [9.17, 15) is 0 Å². The van der Waals surface area contributed by atoms with Crippen LogP contribution >= 0.6 is 11.6 Å². The molecule has 0 aromatic carbocycles. The lowest BCUT2D eigenvalue weighted by Crippen LogP contribution is -2.50. The van der Waals surface area contributed by atoms with Crippen LogP contribution in [0, 0.1) is 0 Å². The minimum Gasteiger partial charge on any atom is -0.314 e. The summed E-state index contributed by atoms with van der Waals surface area (Å²) in [6.45, 7) is 9.05. The molecule has 0 amide bonds. The summed E-state index contributed by atoms with van der Waals surface area (Å²) < 4.78 is 0. The van der Waals surface area contributed by atoms with Crippen molar-refractivity contribution >= 4 is 11.6 Å². The molecule has 1 saturated heterocycles. The largest absolute Gasteiger partial charge is 0.314 e. The summed E-state index contributed by atoms with van der Waals surface area (Å²) in [5, 5.41) is 4.12. The van der Waals surface area contributed by atoms with Gasteiger partial charge in [-0.05, 0) is 26.8 Å². The van der Waals surface area contributed by atoms with E-state index in [4.69, 9.17) is 11.6 Å². The van der Waals surface area contributed by atoms with Crippen molar-refractivity contribution in [2.75, 3.05) is 26.7 Å². The van der Waals surface area contributed by atoms with Crippen LogP contribution in [0.1, 0.15) is 19.8 Å². The molecule has 1 N–H and O–H groups in total. The van der Waals surface area contributed by atoms with Crippen LogP contribution in [0.15, 0.2) is 11.6 Å². The van der Waals surface area contributed by atoms with Crippen LogP contribution in [0.3, 0.4) is 0 Å². The van der Waals surface area contributed by atoms with E-state index in [1.165, 1.54) is 12.8 Å². The molecule has 1 fully saturated rings. The normalized spacial score (nSPS) is 23.0. The molecule has 76 valence electrons. The van der Waals surface area contributed by atoms with Crippen LogP contribution < -0.4 is 5.32 Å². The van der Waals surface area contributed by atoms with Gasteiger partial charge in [0.2, 0.25) is 0 Å². The van der Waals surface area contributed by atoms with Crippen LogP contribution in [0.5, 0.6) is 0 Å². The van der Waals surface area contributed by atoms with Gasteiger partial charge in [0.25, 0.3) is 0 Å².